The van der Waals surface area contributed by atoms with Crippen LogP contribution < -0.4 is 14.5 Å². The molecule has 6 heteroatoms. The van der Waals surface area contributed by atoms with E-state index in [1.165, 1.54) is 16.5 Å². The number of piperazine rings is 1. The van der Waals surface area contributed by atoms with Gasteiger partial charge in [0.2, 0.25) is 5.91 Å². The Bertz CT molecular complexity index is 875. The minimum atomic E-state index is -0.191. The first-order chi connectivity index (χ1) is 15.2. The van der Waals surface area contributed by atoms with Crippen LogP contribution in [0, 0.1) is 11.7 Å². The van der Waals surface area contributed by atoms with E-state index in [9.17, 15) is 9.18 Å². The zero-order valence-corrected chi connectivity index (χ0v) is 18.4. The normalized spacial score (nSPS) is 21.7. The molecule has 0 unspecified atom stereocenters. The molecule has 2 saturated heterocycles. The Hall–Kier alpha value is -2.60. The molecule has 0 saturated carbocycles. The Morgan fingerprint density at radius 3 is 2.42 bits per heavy atom. The number of nitrogens with zero attached hydrogens (tertiary/aromatic N) is 2. The Balaban J connectivity index is 1.26. The van der Waals surface area contributed by atoms with E-state index >= 15 is 0 Å². The molecule has 1 amide bonds. The van der Waals surface area contributed by atoms with Crippen molar-refractivity contribution in [2.45, 2.75) is 26.3 Å². The first kappa shape index (κ1) is 21.6. The van der Waals surface area contributed by atoms with Gasteiger partial charge in [0.1, 0.15) is 18.1 Å². The zero-order valence-electron chi connectivity index (χ0n) is 18.4. The van der Waals surface area contributed by atoms with Crippen molar-refractivity contribution in [2.75, 3.05) is 50.8 Å². The highest BCUT2D eigenvalue weighted by molar-refractivity contribution is 5.79. The van der Waals surface area contributed by atoms with E-state index in [0.29, 0.717) is 38.5 Å². The third-order valence-corrected chi connectivity index (χ3v) is 6.54. The molecule has 2 fully saturated rings. The van der Waals surface area contributed by atoms with Crippen LogP contribution in [0.15, 0.2) is 48.5 Å². The Labute approximate surface area is 184 Å². The van der Waals surface area contributed by atoms with Crippen LogP contribution in [0.3, 0.4) is 0 Å². The minimum absolute atomic E-state index is 0.117. The van der Waals surface area contributed by atoms with E-state index in [-0.39, 0.29) is 17.6 Å². The lowest BCUT2D eigenvalue weighted by atomic mass is 9.94. The molecule has 31 heavy (non-hydrogen) atoms. The molecule has 2 aromatic rings. The molecular formula is C25H33FN3O2+. The summed E-state index contributed by atoms with van der Waals surface area (Å²) in [5.74, 6) is 1.18. The number of carbonyl (C=O) groups is 1. The maximum absolute atomic E-state index is 14.0. The van der Waals surface area contributed by atoms with Crippen molar-refractivity contribution in [2.24, 2.45) is 5.92 Å². The second kappa shape index (κ2) is 10.1. The number of piperidine rings is 1. The van der Waals surface area contributed by atoms with Crippen molar-refractivity contribution >= 4 is 11.6 Å². The molecule has 2 aromatic carbocycles. The summed E-state index contributed by atoms with van der Waals surface area (Å²) in [7, 11) is 0. The van der Waals surface area contributed by atoms with Gasteiger partial charge in [-0.05, 0) is 31.2 Å². The zero-order chi connectivity index (χ0) is 21.6. The predicted molar refractivity (Wildman–Crippen MR) is 120 cm³/mol. The van der Waals surface area contributed by atoms with Crippen LogP contribution >= 0.6 is 0 Å². The summed E-state index contributed by atoms with van der Waals surface area (Å²) in [4.78, 5) is 18.6. The molecule has 2 heterocycles. The van der Waals surface area contributed by atoms with Crippen molar-refractivity contribution in [1.82, 2.24) is 4.90 Å². The number of hydrogen-bond acceptors (Lipinski definition) is 3. The number of quaternary nitrogens is 1. The van der Waals surface area contributed by atoms with Crippen molar-refractivity contribution < 1.29 is 18.8 Å². The van der Waals surface area contributed by atoms with E-state index in [2.05, 4.69) is 12.1 Å². The molecule has 0 atom stereocenters. The molecule has 0 aliphatic carbocycles. The lowest BCUT2D eigenvalue weighted by Crippen LogP contribution is -3.11. The third kappa shape index (κ3) is 5.18. The summed E-state index contributed by atoms with van der Waals surface area (Å²) >= 11 is 0. The van der Waals surface area contributed by atoms with E-state index in [1.807, 2.05) is 41.0 Å². The van der Waals surface area contributed by atoms with E-state index in [1.54, 1.807) is 6.07 Å². The lowest BCUT2D eigenvalue weighted by molar-refractivity contribution is -0.919. The van der Waals surface area contributed by atoms with Crippen LogP contribution in [-0.2, 0) is 11.3 Å². The molecule has 0 aromatic heterocycles. The van der Waals surface area contributed by atoms with Crippen molar-refractivity contribution in [3.8, 4) is 5.75 Å². The number of carbonyl (C=O) groups excluding carboxylic acids is 1. The Morgan fingerprint density at radius 1 is 1.03 bits per heavy atom. The average Bonchev–Trinajstić information content (AvgIpc) is 2.81. The van der Waals surface area contributed by atoms with E-state index in [4.69, 9.17) is 4.74 Å². The number of ether oxygens (including phenoxy) is 1. The van der Waals surface area contributed by atoms with Gasteiger partial charge in [-0.3, -0.25) is 4.79 Å². The number of amides is 1. The molecule has 0 spiro atoms. The fourth-order valence-corrected chi connectivity index (χ4v) is 4.80. The quantitative estimate of drug-likeness (QED) is 0.771. The number of nitrogens with one attached hydrogen (secondary N) is 1. The topological polar surface area (TPSA) is 37.2 Å². The SMILES string of the molecule is CCOc1ccccc1C[NH+]1CCC(C(=O)N2CCN(c3ccccc3F)CC2)CC1. The van der Waals surface area contributed by atoms with Gasteiger partial charge < -0.3 is 19.4 Å². The first-order valence-corrected chi connectivity index (χ1v) is 11.5. The number of para-hydroxylation sites is 2. The van der Waals surface area contributed by atoms with Gasteiger partial charge in [0.25, 0.3) is 0 Å². The molecule has 4 rings (SSSR count). The number of anilines is 1. The molecule has 0 bridgehead atoms. The second-order valence-corrected chi connectivity index (χ2v) is 8.51. The van der Waals surface area contributed by atoms with Gasteiger partial charge in [0, 0.05) is 50.5 Å². The highest BCUT2D eigenvalue weighted by Gasteiger charge is 2.32. The number of hydrogen-bond donors (Lipinski definition) is 1. The second-order valence-electron chi connectivity index (χ2n) is 8.51. The van der Waals surface area contributed by atoms with Crippen LogP contribution in [0.25, 0.3) is 0 Å². The van der Waals surface area contributed by atoms with Crippen LogP contribution in [0.2, 0.25) is 0 Å². The Morgan fingerprint density at radius 2 is 1.71 bits per heavy atom. The van der Waals surface area contributed by atoms with Gasteiger partial charge in [0.15, 0.2) is 0 Å². The maximum Gasteiger partial charge on any atom is 0.226 e. The molecular weight excluding hydrogens is 393 g/mol. The van der Waals surface area contributed by atoms with E-state index in [0.717, 1.165) is 38.2 Å². The number of likely N-dealkylation sites (tertiary alicyclic amines) is 1. The van der Waals surface area contributed by atoms with E-state index < -0.39 is 0 Å². The van der Waals surface area contributed by atoms with Crippen LogP contribution in [0.5, 0.6) is 5.75 Å². The summed E-state index contributed by atoms with van der Waals surface area (Å²) in [5.41, 5.74) is 1.88. The largest absolute Gasteiger partial charge is 0.493 e. The van der Waals surface area contributed by atoms with Crippen molar-refractivity contribution in [3.05, 3.63) is 59.9 Å². The van der Waals surface area contributed by atoms with Gasteiger partial charge in [-0.25, -0.2) is 4.39 Å². The average molecular weight is 427 g/mol. The van der Waals surface area contributed by atoms with Crippen LogP contribution in [-0.4, -0.2) is 56.7 Å². The maximum atomic E-state index is 14.0. The van der Waals surface area contributed by atoms with Crippen molar-refractivity contribution in [3.63, 3.8) is 0 Å². The van der Waals surface area contributed by atoms with Gasteiger partial charge in [-0.2, -0.15) is 0 Å². The fraction of sp³-hybridized carbons (Fsp3) is 0.480. The van der Waals surface area contributed by atoms with Crippen LogP contribution in [0.4, 0.5) is 10.1 Å². The summed E-state index contributed by atoms with van der Waals surface area (Å²) in [6, 6.07) is 15.1. The monoisotopic (exact) mass is 426 g/mol. The Kier molecular flexibility index (Phi) is 7.07. The van der Waals surface area contributed by atoms with Crippen LogP contribution in [0.1, 0.15) is 25.3 Å². The number of halogens is 1. The smallest absolute Gasteiger partial charge is 0.226 e. The van der Waals surface area contributed by atoms with Gasteiger partial charge >= 0.3 is 0 Å². The summed E-state index contributed by atoms with van der Waals surface area (Å²) in [6.45, 7) is 8.35. The fourth-order valence-electron chi connectivity index (χ4n) is 4.80. The molecule has 1 N–H and O–H groups in total. The molecule has 0 radical (unpaired) electrons. The molecule has 2 aliphatic rings. The van der Waals surface area contributed by atoms with Crippen molar-refractivity contribution in [1.29, 1.82) is 0 Å². The van der Waals surface area contributed by atoms with Gasteiger partial charge in [-0.1, -0.05) is 24.3 Å². The summed E-state index contributed by atoms with van der Waals surface area (Å²) < 4.78 is 19.8. The summed E-state index contributed by atoms with van der Waals surface area (Å²) in [5, 5.41) is 0. The first-order valence-electron chi connectivity index (χ1n) is 11.5. The highest BCUT2D eigenvalue weighted by Crippen LogP contribution is 2.22. The molecule has 2 aliphatic heterocycles. The summed E-state index contributed by atoms with van der Waals surface area (Å²) in [6.07, 6.45) is 1.86. The molecule has 166 valence electrons. The standard InChI is InChI=1S/C25H32FN3O2/c1-2-31-24-10-6-3-7-21(24)19-27-13-11-20(12-14-27)25(30)29-17-15-28(16-18-29)23-9-5-4-8-22(23)26/h3-10,20H,2,11-19H2,1H3/p+1. The van der Waals surface area contributed by atoms with Gasteiger partial charge in [-0.15, -0.1) is 0 Å². The number of rotatable bonds is 6. The number of benzene rings is 2. The highest BCUT2D eigenvalue weighted by atomic mass is 19.1. The predicted octanol–water partition coefficient (Wildman–Crippen LogP) is 2.37. The van der Waals surface area contributed by atoms with Gasteiger partial charge in [0.05, 0.1) is 25.4 Å². The third-order valence-electron chi connectivity index (χ3n) is 6.54. The lowest BCUT2D eigenvalue weighted by Gasteiger charge is -2.38. The minimum Gasteiger partial charge on any atom is -0.493 e. The molecule has 5 nitrogen and oxygen atoms in total.